The molecule has 3 rings (SSSR count). The zero-order valence-electron chi connectivity index (χ0n) is 13.4. The second-order valence-corrected chi connectivity index (χ2v) is 5.98. The van der Waals surface area contributed by atoms with E-state index in [1.54, 1.807) is 6.20 Å². The number of nitrogens with one attached hydrogen (secondary N) is 1. The third-order valence-corrected chi connectivity index (χ3v) is 4.14. The summed E-state index contributed by atoms with van der Waals surface area (Å²) in [6, 6.07) is 5.85. The molecule has 1 fully saturated rings. The van der Waals surface area contributed by atoms with Crippen molar-refractivity contribution in [1.29, 1.82) is 0 Å². The fraction of sp³-hybridized carbons (Fsp3) is 0.471. The number of aryl methyl sites for hydroxylation is 1. The molecule has 1 atom stereocenters. The van der Waals surface area contributed by atoms with Gasteiger partial charge in [-0.1, -0.05) is 6.07 Å². The molecule has 1 saturated heterocycles. The Bertz CT molecular complexity index is 646. The molecule has 6 heteroatoms. The maximum Gasteiger partial charge on any atom is 0.150 e. The Labute approximate surface area is 136 Å². The zero-order valence-corrected chi connectivity index (χ0v) is 13.4. The first kappa shape index (κ1) is 15.8. The van der Waals surface area contributed by atoms with E-state index in [1.807, 2.05) is 31.3 Å². The van der Waals surface area contributed by atoms with Gasteiger partial charge >= 0.3 is 0 Å². The van der Waals surface area contributed by atoms with Crippen LogP contribution >= 0.6 is 0 Å². The molecule has 0 aromatic carbocycles. The van der Waals surface area contributed by atoms with Crippen molar-refractivity contribution in [1.82, 2.24) is 19.9 Å². The van der Waals surface area contributed by atoms with Gasteiger partial charge in [-0.3, -0.25) is 4.98 Å². The number of β-amino-alcohol motifs (C(OH)–C–C–N with tert-alkyl or cyclic N) is 1. The first-order valence-corrected chi connectivity index (χ1v) is 8.10. The van der Waals surface area contributed by atoms with Crippen LogP contribution in [0.25, 0.3) is 0 Å². The molecule has 0 bridgehead atoms. The minimum absolute atomic E-state index is 0.207. The average Bonchev–Trinajstić information content (AvgIpc) is 2.56. The van der Waals surface area contributed by atoms with Gasteiger partial charge in [0.1, 0.15) is 11.6 Å². The highest BCUT2D eigenvalue weighted by atomic mass is 16.3. The van der Waals surface area contributed by atoms with Crippen LogP contribution in [-0.2, 0) is 0 Å². The van der Waals surface area contributed by atoms with Crippen molar-refractivity contribution in [3.63, 3.8) is 0 Å². The molecule has 0 amide bonds. The van der Waals surface area contributed by atoms with Crippen LogP contribution in [-0.4, -0.2) is 51.2 Å². The van der Waals surface area contributed by atoms with Crippen LogP contribution in [0.1, 0.15) is 30.1 Å². The highest BCUT2D eigenvalue weighted by molar-refractivity contribution is 5.50. The highest BCUT2D eigenvalue weighted by Crippen LogP contribution is 2.26. The fourth-order valence-electron chi connectivity index (χ4n) is 3.02. The van der Waals surface area contributed by atoms with Crippen molar-refractivity contribution in [3.8, 4) is 0 Å². The van der Waals surface area contributed by atoms with E-state index in [2.05, 4.69) is 20.2 Å². The Morgan fingerprint density at radius 3 is 3.00 bits per heavy atom. The van der Waals surface area contributed by atoms with E-state index < -0.39 is 0 Å². The molecule has 0 radical (unpaired) electrons. The smallest absolute Gasteiger partial charge is 0.150 e. The number of rotatable bonds is 5. The quantitative estimate of drug-likeness (QED) is 0.880. The third kappa shape index (κ3) is 4.24. The van der Waals surface area contributed by atoms with Crippen molar-refractivity contribution >= 4 is 11.6 Å². The van der Waals surface area contributed by atoms with Crippen molar-refractivity contribution in [3.05, 3.63) is 42.0 Å². The monoisotopic (exact) mass is 313 g/mol. The highest BCUT2D eigenvalue weighted by Gasteiger charge is 2.22. The van der Waals surface area contributed by atoms with Crippen molar-refractivity contribution in [2.75, 3.05) is 31.6 Å². The van der Waals surface area contributed by atoms with E-state index >= 15 is 0 Å². The molecule has 2 aromatic heterocycles. The summed E-state index contributed by atoms with van der Waals surface area (Å²) in [7, 11) is 0. The lowest BCUT2D eigenvalue weighted by molar-refractivity contribution is 0.160. The maximum absolute atomic E-state index is 9.12. The normalized spacial score (nSPS) is 18.8. The van der Waals surface area contributed by atoms with Gasteiger partial charge in [-0.2, -0.15) is 0 Å². The molecule has 1 unspecified atom stereocenters. The number of hydrogen-bond acceptors (Lipinski definition) is 6. The minimum atomic E-state index is 0.207. The number of aromatic nitrogens is 3. The summed E-state index contributed by atoms with van der Waals surface area (Å²) in [6.07, 6.45) is 5.82. The molecule has 23 heavy (non-hydrogen) atoms. The summed E-state index contributed by atoms with van der Waals surface area (Å²) in [6.45, 7) is 4.89. The summed E-state index contributed by atoms with van der Waals surface area (Å²) in [5.41, 5.74) is 1.97. The number of aliphatic hydroxyl groups excluding tert-OH is 1. The molecule has 1 aliphatic heterocycles. The van der Waals surface area contributed by atoms with E-state index in [4.69, 9.17) is 10.1 Å². The van der Waals surface area contributed by atoms with Gasteiger partial charge in [0.25, 0.3) is 0 Å². The lowest BCUT2D eigenvalue weighted by atomic mass is 9.95. The molecular formula is C17H23N5O. The average molecular weight is 313 g/mol. The first-order valence-electron chi connectivity index (χ1n) is 8.10. The van der Waals surface area contributed by atoms with Crippen LogP contribution in [0.15, 0.2) is 30.6 Å². The number of aliphatic hydroxyl groups is 1. The zero-order chi connectivity index (χ0) is 16.1. The van der Waals surface area contributed by atoms with Gasteiger partial charge in [0.2, 0.25) is 0 Å². The lowest BCUT2D eigenvalue weighted by Gasteiger charge is -2.31. The van der Waals surface area contributed by atoms with Crippen molar-refractivity contribution < 1.29 is 5.11 Å². The van der Waals surface area contributed by atoms with Gasteiger partial charge in [0.05, 0.1) is 18.5 Å². The van der Waals surface area contributed by atoms with Crippen molar-refractivity contribution in [2.45, 2.75) is 25.7 Å². The van der Waals surface area contributed by atoms with E-state index in [0.29, 0.717) is 5.92 Å². The Hall–Kier alpha value is -2.05. The Balaban J connectivity index is 1.72. The molecule has 1 aliphatic rings. The number of nitrogens with zero attached hydrogens (tertiary/aromatic N) is 4. The van der Waals surface area contributed by atoms with Gasteiger partial charge in [-0.25, -0.2) is 9.97 Å². The molecule has 0 saturated carbocycles. The number of anilines is 2. The summed E-state index contributed by atoms with van der Waals surface area (Å²) in [5, 5.41) is 12.3. The fourth-order valence-corrected chi connectivity index (χ4v) is 3.02. The summed E-state index contributed by atoms with van der Waals surface area (Å²) in [5.74, 6) is 1.87. The van der Waals surface area contributed by atoms with Crippen LogP contribution in [0, 0.1) is 6.92 Å². The predicted octanol–water partition coefficient (Wildman–Crippen LogP) is 2.10. The Kier molecular flexibility index (Phi) is 5.15. The van der Waals surface area contributed by atoms with E-state index in [0.717, 1.165) is 55.5 Å². The SMILES string of the molecule is Cc1cccc(Nc2cncc(C3CCCN(CCO)C3)n2)n1. The van der Waals surface area contributed by atoms with E-state index in [-0.39, 0.29) is 6.61 Å². The molecular weight excluding hydrogens is 290 g/mol. The molecule has 2 N–H and O–H groups in total. The van der Waals surface area contributed by atoms with E-state index in [1.165, 1.54) is 0 Å². The standard InChI is InChI=1S/C17H23N5O/c1-13-4-2-6-16(19-13)21-17-11-18-10-15(20-17)14-5-3-7-22(12-14)8-9-23/h2,4,6,10-11,14,23H,3,5,7-9,12H2,1H3,(H,19,20,21). The Morgan fingerprint density at radius 2 is 2.17 bits per heavy atom. The second-order valence-electron chi connectivity index (χ2n) is 5.98. The molecule has 122 valence electrons. The van der Waals surface area contributed by atoms with Crippen LogP contribution in [0.3, 0.4) is 0 Å². The van der Waals surface area contributed by atoms with Crippen LogP contribution in [0.4, 0.5) is 11.6 Å². The molecule has 3 heterocycles. The van der Waals surface area contributed by atoms with Gasteiger partial charge < -0.3 is 15.3 Å². The van der Waals surface area contributed by atoms with Gasteiger partial charge in [-0.15, -0.1) is 0 Å². The molecule has 0 spiro atoms. The topological polar surface area (TPSA) is 74.2 Å². The molecule has 0 aliphatic carbocycles. The molecule has 2 aromatic rings. The van der Waals surface area contributed by atoms with Gasteiger partial charge in [0, 0.05) is 30.9 Å². The lowest BCUT2D eigenvalue weighted by Crippen LogP contribution is -2.36. The largest absolute Gasteiger partial charge is 0.395 e. The third-order valence-electron chi connectivity index (χ3n) is 4.14. The van der Waals surface area contributed by atoms with Crippen LogP contribution in [0.5, 0.6) is 0 Å². The van der Waals surface area contributed by atoms with Crippen LogP contribution < -0.4 is 5.32 Å². The summed E-state index contributed by atoms with van der Waals surface area (Å²) < 4.78 is 0. The van der Waals surface area contributed by atoms with Crippen LogP contribution in [0.2, 0.25) is 0 Å². The van der Waals surface area contributed by atoms with Gasteiger partial charge in [-0.05, 0) is 38.4 Å². The van der Waals surface area contributed by atoms with Gasteiger partial charge in [0.15, 0.2) is 0 Å². The first-order chi connectivity index (χ1) is 11.2. The maximum atomic E-state index is 9.12. The minimum Gasteiger partial charge on any atom is -0.395 e. The van der Waals surface area contributed by atoms with Crippen molar-refractivity contribution in [2.24, 2.45) is 0 Å². The Morgan fingerprint density at radius 1 is 1.26 bits per heavy atom. The van der Waals surface area contributed by atoms with E-state index in [9.17, 15) is 0 Å². The summed E-state index contributed by atoms with van der Waals surface area (Å²) >= 11 is 0. The molecule has 6 nitrogen and oxygen atoms in total. The number of pyridine rings is 1. The predicted molar refractivity (Wildman–Crippen MR) is 89.8 cm³/mol. The second kappa shape index (κ2) is 7.48. The number of likely N-dealkylation sites (tertiary alicyclic amines) is 1. The number of hydrogen-bond donors (Lipinski definition) is 2. The summed E-state index contributed by atoms with van der Waals surface area (Å²) in [4.78, 5) is 15.8. The number of piperidine rings is 1.